The molecule has 2 aromatic heterocycles. The lowest BCUT2D eigenvalue weighted by Gasteiger charge is -2.24. The molecule has 0 spiro atoms. The molecule has 112 valence electrons. The number of nitrogens with zero attached hydrogens (tertiary/aromatic N) is 3. The molecule has 0 atom stereocenters. The topological polar surface area (TPSA) is 36.4 Å². The van der Waals surface area contributed by atoms with Crippen molar-refractivity contribution in [1.29, 1.82) is 0 Å². The summed E-state index contributed by atoms with van der Waals surface area (Å²) in [4.78, 5) is 20.7. The maximum atomic E-state index is 12.6. The molecule has 0 saturated heterocycles. The molecule has 0 radical (unpaired) electrons. The number of likely N-dealkylation sites (N-methyl/N-ethyl adjacent to an activating group) is 1. The minimum atomic E-state index is 0.0580. The summed E-state index contributed by atoms with van der Waals surface area (Å²) in [6.45, 7) is 2.10. The Morgan fingerprint density at radius 1 is 1.38 bits per heavy atom. The van der Waals surface area contributed by atoms with Gasteiger partial charge < -0.3 is 9.80 Å². The molecule has 4 nitrogen and oxygen atoms in total. The van der Waals surface area contributed by atoms with Gasteiger partial charge in [-0.25, -0.2) is 0 Å². The largest absolute Gasteiger partial charge is 0.333 e. The summed E-state index contributed by atoms with van der Waals surface area (Å²) in [5.74, 6) is 0.0580. The minimum Gasteiger partial charge on any atom is -0.333 e. The number of carbonyl (C=O) groups is 1. The van der Waals surface area contributed by atoms with Gasteiger partial charge in [0.25, 0.3) is 5.91 Å². The van der Waals surface area contributed by atoms with Gasteiger partial charge in [0, 0.05) is 37.4 Å². The first-order valence-corrected chi connectivity index (χ1v) is 8.30. The van der Waals surface area contributed by atoms with Crippen molar-refractivity contribution in [3.05, 3.63) is 50.9 Å². The van der Waals surface area contributed by atoms with Crippen LogP contribution in [0.1, 0.15) is 15.9 Å². The minimum absolute atomic E-state index is 0.0580. The summed E-state index contributed by atoms with van der Waals surface area (Å²) < 4.78 is 0.972. The number of thiophene rings is 1. The maximum absolute atomic E-state index is 12.6. The van der Waals surface area contributed by atoms with Crippen LogP contribution < -0.4 is 0 Å². The molecule has 2 heterocycles. The van der Waals surface area contributed by atoms with Gasteiger partial charge in [0.15, 0.2) is 0 Å². The molecule has 0 aromatic carbocycles. The van der Waals surface area contributed by atoms with Crippen molar-refractivity contribution >= 4 is 33.2 Å². The van der Waals surface area contributed by atoms with Crippen LogP contribution in [0, 0.1) is 0 Å². The predicted molar refractivity (Wildman–Crippen MR) is 89.6 cm³/mol. The van der Waals surface area contributed by atoms with Gasteiger partial charge >= 0.3 is 0 Å². The van der Waals surface area contributed by atoms with Gasteiger partial charge in [-0.3, -0.25) is 9.78 Å². The normalized spacial score (nSPS) is 10.9. The summed E-state index contributed by atoms with van der Waals surface area (Å²) >= 11 is 4.94. The molecule has 0 unspecified atom stereocenters. The van der Waals surface area contributed by atoms with Gasteiger partial charge in [-0.2, -0.15) is 0 Å². The Kier molecular flexibility index (Phi) is 5.90. The summed E-state index contributed by atoms with van der Waals surface area (Å²) in [6.07, 6.45) is 3.55. The molecule has 2 rings (SSSR count). The number of aromatic nitrogens is 1. The number of pyridine rings is 1. The first-order valence-electron chi connectivity index (χ1n) is 6.63. The van der Waals surface area contributed by atoms with Gasteiger partial charge in [-0.05, 0) is 47.7 Å². The van der Waals surface area contributed by atoms with Crippen molar-refractivity contribution in [2.45, 2.75) is 6.54 Å². The zero-order valence-electron chi connectivity index (χ0n) is 12.1. The Hall–Kier alpha value is -1.24. The monoisotopic (exact) mass is 367 g/mol. The van der Waals surface area contributed by atoms with Crippen LogP contribution in [0.25, 0.3) is 0 Å². The van der Waals surface area contributed by atoms with Crippen LogP contribution in [0.3, 0.4) is 0 Å². The van der Waals surface area contributed by atoms with E-state index in [9.17, 15) is 4.79 Å². The van der Waals surface area contributed by atoms with E-state index in [1.165, 1.54) is 11.3 Å². The fourth-order valence-corrected chi connectivity index (χ4v) is 3.02. The summed E-state index contributed by atoms with van der Waals surface area (Å²) in [5.41, 5.74) is 1.77. The van der Waals surface area contributed by atoms with Gasteiger partial charge in [-0.15, -0.1) is 11.3 Å². The van der Waals surface area contributed by atoms with Crippen molar-refractivity contribution in [3.8, 4) is 0 Å². The second-order valence-corrected chi connectivity index (χ2v) is 7.32. The van der Waals surface area contributed by atoms with E-state index in [0.717, 1.165) is 21.5 Å². The second-order valence-electron chi connectivity index (χ2n) is 5.03. The zero-order valence-corrected chi connectivity index (χ0v) is 14.5. The van der Waals surface area contributed by atoms with Gasteiger partial charge in [-0.1, -0.05) is 6.07 Å². The number of rotatable bonds is 6. The Labute approximate surface area is 137 Å². The van der Waals surface area contributed by atoms with Crippen molar-refractivity contribution in [2.75, 3.05) is 27.2 Å². The van der Waals surface area contributed by atoms with E-state index in [-0.39, 0.29) is 5.91 Å². The lowest BCUT2D eigenvalue weighted by molar-refractivity contribution is 0.0732. The average molecular weight is 368 g/mol. The number of carbonyl (C=O) groups excluding carboxylic acids is 1. The van der Waals surface area contributed by atoms with Crippen LogP contribution in [-0.4, -0.2) is 47.9 Å². The molecule has 0 aliphatic carbocycles. The fraction of sp³-hybridized carbons (Fsp3) is 0.333. The molecular formula is C15H18BrN3OS. The number of halogens is 1. The Morgan fingerprint density at radius 3 is 2.76 bits per heavy atom. The first kappa shape index (κ1) is 16.1. The van der Waals surface area contributed by atoms with E-state index >= 15 is 0 Å². The summed E-state index contributed by atoms with van der Waals surface area (Å²) in [6, 6.07) is 5.76. The Bertz CT molecular complexity index is 586. The molecule has 0 N–H and O–H groups in total. The number of hydrogen-bond donors (Lipinski definition) is 0. The van der Waals surface area contributed by atoms with Gasteiger partial charge in [0.05, 0.1) is 9.35 Å². The molecule has 0 bridgehead atoms. The fourth-order valence-electron chi connectivity index (χ4n) is 1.89. The van der Waals surface area contributed by atoms with Crippen LogP contribution in [0.2, 0.25) is 0 Å². The van der Waals surface area contributed by atoms with Gasteiger partial charge in [0.2, 0.25) is 0 Å². The highest BCUT2D eigenvalue weighted by molar-refractivity contribution is 9.11. The average Bonchev–Trinajstić information content (AvgIpc) is 2.90. The van der Waals surface area contributed by atoms with Crippen molar-refractivity contribution in [2.24, 2.45) is 0 Å². The SMILES string of the molecule is CN(C)CCN(Cc1cccnc1)C(=O)c1csc(Br)c1. The van der Waals surface area contributed by atoms with Crippen molar-refractivity contribution in [1.82, 2.24) is 14.8 Å². The molecular weight excluding hydrogens is 350 g/mol. The second kappa shape index (κ2) is 7.68. The Morgan fingerprint density at radius 2 is 2.19 bits per heavy atom. The summed E-state index contributed by atoms with van der Waals surface area (Å²) in [5, 5.41) is 1.89. The first-order chi connectivity index (χ1) is 10.1. The van der Waals surface area contributed by atoms with E-state index in [4.69, 9.17) is 0 Å². The van der Waals surface area contributed by atoms with Crippen molar-refractivity contribution < 1.29 is 4.79 Å². The molecule has 6 heteroatoms. The third-order valence-corrected chi connectivity index (χ3v) is 4.52. The lowest BCUT2D eigenvalue weighted by atomic mass is 10.2. The highest BCUT2D eigenvalue weighted by atomic mass is 79.9. The molecule has 2 aromatic rings. The molecule has 0 aliphatic heterocycles. The molecule has 0 aliphatic rings. The maximum Gasteiger partial charge on any atom is 0.255 e. The highest BCUT2D eigenvalue weighted by Crippen LogP contribution is 2.22. The van der Waals surface area contributed by atoms with Crippen LogP contribution >= 0.6 is 27.3 Å². The molecule has 0 fully saturated rings. The van der Waals surface area contributed by atoms with Crippen LogP contribution in [0.4, 0.5) is 0 Å². The van der Waals surface area contributed by atoms with Crippen LogP contribution in [-0.2, 0) is 6.54 Å². The number of amides is 1. The van der Waals surface area contributed by atoms with E-state index < -0.39 is 0 Å². The smallest absolute Gasteiger partial charge is 0.255 e. The standard InChI is InChI=1S/C15H18BrN3OS/c1-18(2)6-7-19(10-12-4-3-5-17-9-12)15(20)13-8-14(16)21-11-13/h3-5,8-9,11H,6-7,10H2,1-2H3. The quantitative estimate of drug-likeness (QED) is 0.786. The summed E-state index contributed by atoms with van der Waals surface area (Å²) in [7, 11) is 4.02. The zero-order chi connectivity index (χ0) is 15.2. The van der Waals surface area contributed by atoms with E-state index in [1.807, 2.05) is 42.6 Å². The molecule has 21 heavy (non-hydrogen) atoms. The lowest BCUT2D eigenvalue weighted by Crippen LogP contribution is -2.36. The van der Waals surface area contributed by atoms with E-state index in [0.29, 0.717) is 13.1 Å². The van der Waals surface area contributed by atoms with Crippen molar-refractivity contribution in [3.63, 3.8) is 0 Å². The van der Waals surface area contributed by atoms with E-state index in [2.05, 4.69) is 25.8 Å². The third-order valence-electron chi connectivity index (χ3n) is 3.01. The Balaban J connectivity index is 2.13. The highest BCUT2D eigenvalue weighted by Gasteiger charge is 2.17. The third kappa shape index (κ3) is 4.91. The van der Waals surface area contributed by atoms with E-state index in [1.54, 1.807) is 12.4 Å². The predicted octanol–water partition coefficient (Wildman–Crippen LogP) is 3.11. The van der Waals surface area contributed by atoms with Crippen LogP contribution in [0.15, 0.2) is 39.8 Å². The molecule has 0 saturated carbocycles. The number of hydrogen-bond acceptors (Lipinski definition) is 4. The van der Waals surface area contributed by atoms with Crippen LogP contribution in [0.5, 0.6) is 0 Å². The molecule has 1 amide bonds. The van der Waals surface area contributed by atoms with Gasteiger partial charge in [0.1, 0.15) is 0 Å².